The third-order valence-electron chi connectivity index (χ3n) is 5.45. The first-order valence-corrected chi connectivity index (χ1v) is 10.7. The highest BCUT2D eigenvalue weighted by Crippen LogP contribution is 2.41. The van der Waals surface area contributed by atoms with E-state index in [9.17, 15) is 9.59 Å². The summed E-state index contributed by atoms with van der Waals surface area (Å²) in [4.78, 5) is 26.8. The second kappa shape index (κ2) is 8.09. The lowest BCUT2D eigenvalue weighted by Crippen LogP contribution is -2.30. The molecule has 0 amide bonds. The largest absolute Gasteiger partial charge is 0.464 e. The minimum Gasteiger partial charge on any atom is -0.464 e. The van der Waals surface area contributed by atoms with Crippen LogP contribution in [0, 0.1) is 11.3 Å². The van der Waals surface area contributed by atoms with Crippen molar-refractivity contribution in [1.82, 2.24) is 15.0 Å². The van der Waals surface area contributed by atoms with Crippen LogP contribution in [-0.4, -0.2) is 27.6 Å². The molecule has 0 aliphatic heterocycles. The summed E-state index contributed by atoms with van der Waals surface area (Å²) in [5.41, 5.74) is 1.14. The van der Waals surface area contributed by atoms with E-state index >= 15 is 0 Å². The van der Waals surface area contributed by atoms with Gasteiger partial charge in [-0.3, -0.25) is 9.59 Å². The van der Waals surface area contributed by atoms with Crippen molar-refractivity contribution in [1.29, 1.82) is 0 Å². The van der Waals surface area contributed by atoms with Crippen LogP contribution in [0.4, 0.5) is 0 Å². The molecule has 0 saturated carbocycles. The maximum absolute atomic E-state index is 12.9. The van der Waals surface area contributed by atoms with Crippen molar-refractivity contribution in [2.24, 2.45) is 11.3 Å². The molecule has 0 N–H and O–H groups in total. The second-order valence-corrected chi connectivity index (χ2v) is 9.55. The lowest BCUT2D eigenvalue weighted by atomic mass is 9.72. The van der Waals surface area contributed by atoms with Gasteiger partial charge in [0.05, 0.1) is 12.0 Å². The fourth-order valence-electron chi connectivity index (χ4n) is 3.68. The molecule has 27 heavy (non-hydrogen) atoms. The third kappa shape index (κ3) is 4.39. The highest BCUT2D eigenvalue weighted by atomic mass is 32.1. The van der Waals surface area contributed by atoms with Crippen LogP contribution in [0.3, 0.4) is 0 Å². The van der Waals surface area contributed by atoms with Gasteiger partial charge in [-0.05, 0) is 42.6 Å². The van der Waals surface area contributed by atoms with Crippen molar-refractivity contribution in [2.75, 3.05) is 6.61 Å². The SMILES string of the molecule is CCCCCOC(=O)Cn1nnc2sc3c(c2c1=O)CC[C@@H](C(C)(C)C)C3. The number of carbonyl (C=O) groups excluding carboxylic acids is 1. The molecule has 0 radical (unpaired) electrons. The van der Waals surface area contributed by atoms with E-state index in [0.717, 1.165) is 48.8 Å². The Morgan fingerprint density at radius 1 is 1.33 bits per heavy atom. The Balaban J connectivity index is 1.80. The van der Waals surface area contributed by atoms with Crippen molar-refractivity contribution in [2.45, 2.75) is 72.8 Å². The Morgan fingerprint density at radius 2 is 2.11 bits per heavy atom. The van der Waals surface area contributed by atoms with Crippen LogP contribution in [-0.2, 0) is 28.9 Å². The molecule has 0 fully saturated rings. The lowest BCUT2D eigenvalue weighted by molar-refractivity contribution is -0.144. The Bertz CT molecular complexity index is 879. The molecule has 1 aliphatic carbocycles. The smallest absolute Gasteiger partial charge is 0.327 e. The van der Waals surface area contributed by atoms with Crippen molar-refractivity contribution >= 4 is 27.5 Å². The summed E-state index contributed by atoms with van der Waals surface area (Å²) in [5.74, 6) is 0.171. The number of aryl methyl sites for hydroxylation is 1. The molecule has 0 unspecified atom stereocenters. The molecule has 148 valence electrons. The maximum Gasteiger partial charge on any atom is 0.327 e. The topological polar surface area (TPSA) is 74.1 Å². The molecule has 2 aromatic heterocycles. The molecular formula is C20H29N3O3S. The van der Waals surface area contributed by atoms with E-state index in [1.54, 1.807) is 11.3 Å². The summed E-state index contributed by atoms with van der Waals surface area (Å²) in [7, 11) is 0. The first kappa shape index (κ1) is 20.0. The number of esters is 1. The molecule has 2 heterocycles. The van der Waals surface area contributed by atoms with E-state index in [4.69, 9.17) is 4.74 Å². The molecule has 2 aromatic rings. The molecule has 0 aromatic carbocycles. The van der Waals surface area contributed by atoms with E-state index in [1.807, 2.05) is 0 Å². The highest BCUT2D eigenvalue weighted by Gasteiger charge is 2.32. The monoisotopic (exact) mass is 391 g/mol. The van der Waals surface area contributed by atoms with Crippen molar-refractivity contribution in [3.63, 3.8) is 0 Å². The van der Waals surface area contributed by atoms with Gasteiger partial charge in [-0.25, -0.2) is 0 Å². The van der Waals surface area contributed by atoms with Gasteiger partial charge >= 0.3 is 5.97 Å². The van der Waals surface area contributed by atoms with Crippen LogP contribution in [0.5, 0.6) is 0 Å². The van der Waals surface area contributed by atoms with Crippen LogP contribution >= 0.6 is 11.3 Å². The van der Waals surface area contributed by atoms with Crippen LogP contribution in [0.2, 0.25) is 0 Å². The number of nitrogens with zero attached hydrogens (tertiary/aromatic N) is 3. The van der Waals surface area contributed by atoms with E-state index in [0.29, 0.717) is 22.7 Å². The molecule has 3 rings (SSSR count). The van der Waals surface area contributed by atoms with E-state index in [1.165, 1.54) is 4.88 Å². The Hall–Kier alpha value is -1.76. The zero-order chi connectivity index (χ0) is 19.6. The van der Waals surface area contributed by atoms with Crippen LogP contribution in [0.25, 0.3) is 10.2 Å². The highest BCUT2D eigenvalue weighted by molar-refractivity contribution is 7.18. The van der Waals surface area contributed by atoms with Gasteiger partial charge in [0, 0.05) is 4.88 Å². The summed E-state index contributed by atoms with van der Waals surface area (Å²) >= 11 is 1.58. The number of carbonyl (C=O) groups is 1. The van der Waals surface area contributed by atoms with Crippen LogP contribution in [0.1, 0.15) is 63.8 Å². The average molecular weight is 392 g/mol. The second-order valence-electron chi connectivity index (χ2n) is 8.47. The van der Waals surface area contributed by atoms with Gasteiger partial charge in [-0.2, -0.15) is 4.68 Å². The van der Waals surface area contributed by atoms with E-state index < -0.39 is 5.97 Å². The van der Waals surface area contributed by atoms with Crippen molar-refractivity contribution in [3.8, 4) is 0 Å². The standard InChI is InChI=1S/C20H29N3O3S/c1-5-6-7-10-26-16(24)12-23-19(25)17-14-9-8-13(20(2,3)4)11-15(14)27-18(17)21-22-23/h13H,5-12H2,1-4H3/t13-/m1/s1. The number of aromatic nitrogens is 3. The van der Waals surface area contributed by atoms with Gasteiger partial charge in [0.1, 0.15) is 6.54 Å². The lowest BCUT2D eigenvalue weighted by Gasteiger charge is -2.33. The zero-order valence-corrected chi connectivity index (χ0v) is 17.5. The predicted octanol–water partition coefficient (Wildman–Crippen LogP) is 3.74. The van der Waals surface area contributed by atoms with E-state index in [-0.39, 0.29) is 17.5 Å². The molecule has 0 saturated heterocycles. The van der Waals surface area contributed by atoms with Crippen molar-refractivity contribution in [3.05, 3.63) is 20.8 Å². The fraction of sp³-hybridized carbons (Fsp3) is 0.700. The number of unbranched alkanes of at least 4 members (excludes halogenated alkanes) is 2. The number of rotatable bonds is 6. The zero-order valence-electron chi connectivity index (χ0n) is 16.7. The Morgan fingerprint density at radius 3 is 2.81 bits per heavy atom. The quantitative estimate of drug-likeness (QED) is 0.554. The molecule has 6 nitrogen and oxygen atoms in total. The van der Waals surface area contributed by atoms with Crippen molar-refractivity contribution < 1.29 is 9.53 Å². The van der Waals surface area contributed by atoms with Gasteiger partial charge in [-0.1, -0.05) is 45.7 Å². The summed E-state index contributed by atoms with van der Waals surface area (Å²) < 4.78 is 6.34. The van der Waals surface area contributed by atoms with Gasteiger partial charge in [0.2, 0.25) is 0 Å². The van der Waals surface area contributed by atoms with Gasteiger partial charge in [-0.15, -0.1) is 16.4 Å². The van der Waals surface area contributed by atoms with E-state index in [2.05, 4.69) is 38.0 Å². The fourth-order valence-corrected chi connectivity index (χ4v) is 4.91. The van der Waals surface area contributed by atoms with Gasteiger partial charge in [0.25, 0.3) is 5.56 Å². The summed E-state index contributed by atoms with van der Waals surface area (Å²) in [6.45, 7) is 9.12. The Kier molecular flexibility index (Phi) is 5.99. The molecule has 0 spiro atoms. The predicted molar refractivity (Wildman–Crippen MR) is 107 cm³/mol. The first-order valence-electron chi connectivity index (χ1n) is 9.85. The molecule has 1 atom stereocenters. The summed E-state index contributed by atoms with van der Waals surface area (Å²) in [5, 5.41) is 8.84. The minimum atomic E-state index is -0.432. The number of hydrogen-bond acceptors (Lipinski definition) is 6. The third-order valence-corrected chi connectivity index (χ3v) is 6.59. The van der Waals surface area contributed by atoms with Gasteiger partial charge < -0.3 is 4.74 Å². The van der Waals surface area contributed by atoms with Gasteiger partial charge in [0.15, 0.2) is 4.83 Å². The molecule has 7 heteroatoms. The number of thiophene rings is 1. The van der Waals surface area contributed by atoms with Crippen LogP contribution < -0.4 is 5.56 Å². The molecule has 0 bridgehead atoms. The molecule has 1 aliphatic rings. The average Bonchev–Trinajstić information content (AvgIpc) is 2.99. The summed E-state index contributed by atoms with van der Waals surface area (Å²) in [6, 6.07) is 0. The Labute approximate surface area is 163 Å². The normalized spacial score (nSPS) is 17.1. The molecular weight excluding hydrogens is 362 g/mol. The van der Waals surface area contributed by atoms with Crippen LogP contribution in [0.15, 0.2) is 4.79 Å². The first-order chi connectivity index (χ1) is 12.8. The maximum atomic E-state index is 12.9. The number of fused-ring (bicyclic) bond motifs is 3. The minimum absolute atomic E-state index is 0.177. The number of ether oxygens (including phenoxy) is 1. The number of hydrogen-bond donors (Lipinski definition) is 0. The summed E-state index contributed by atoms with van der Waals surface area (Å²) in [6.07, 6.45) is 5.88.